The largest absolute Gasteiger partial charge is 0.257 e. The summed E-state index contributed by atoms with van der Waals surface area (Å²) in [5.41, 5.74) is 2.85. The summed E-state index contributed by atoms with van der Waals surface area (Å²) in [6, 6.07) is 11.7. The molecule has 0 aromatic heterocycles. The third-order valence-electron chi connectivity index (χ3n) is 4.58. The summed E-state index contributed by atoms with van der Waals surface area (Å²) in [6.07, 6.45) is 9.01. The van der Waals surface area contributed by atoms with Gasteiger partial charge in [-0.3, -0.25) is 4.58 Å². The first-order valence-corrected chi connectivity index (χ1v) is 7.46. The minimum atomic E-state index is 0.433. The third-order valence-corrected chi connectivity index (χ3v) is 4.58. The lowest BCUT2D eigenvalue weighted by molar-refractivity contribution is -0.537. The van der Waals surface area contributed by atoms with Crippen molar-refractivity contribution in [2.45, 2.75) is 38.8 Å². The molecule has 0 radical (unpaired) electrons. The molecule has 0 fully saturated rings. The standard InChI is InChI=1S/C18H23N2/c1-14-18(16-10-6-4-7-11-16)19(3)15(2)20(14)17-12-8-5-9-13-17/h4-8,10-12,14,18H,9,13H2,1-3H3/q+1/t14-,18-/m0/s1. The second-order valence-corrected chi connectivity index (χ2v) is 5.75. The van der Waals surface area contributed by atoms with Crippen LogP contribution in [0.3, 0.4) is 0 Å². The fourth-order valence-corrected chi connectivity index (χ4v) is 3.54. The number of hydrogen-bond donors (Lipinski definition) is 0. The van der Waals surface area contributed by atoms with E-state index in [1.807, 2.05) is 0 Å². The van der Waals surface area contributed by atoms with Gasteiger partial charge in [0.2, 0.25) is 5.84 Å². The molecule has 1 aliphatic heterocycles. The summed E-state index contributed by atoms with van der Waals surface area (Å²) in [5.74, 6) is 1.35. The molecule has 0 unspecified atom stereocenters. The number of amidine groups is 1. The van der Waals surface area contributed by atoms with Crippen molar-refractivity contribution < 1.29 is 4.58 Å². The van der Waals surface area contributed by atoms with Crippen molar-refractivity contribution in [2.75, 3.05) is 7.05 Å². The van der Waals surface area contributed by atoms with E-state index in [0.29, 0.717) is 12.1 Å². The fraction of sp³-hybridized carbons (Fsp3) is 0.389. The number of likely N-dealkylation sites (N-methyl/N-ethyl adjacent to an activating group) is 1. The van der Waals surface area contributed by atoms with E-state index in [4.69, 9.17) is 0 Å². The van der Waals surface area contributed by atoms with Gasteiger partial charge < -0.3 is 0 Å². The van der Waals surface area contributed by atoms with E-state index >= 15 is 0 Å². The van der Waals surface area contributed by atoms with Crippen molar-refractivity contribution in [1.29, 1.82) is 0 Å². The number of hydrogen-bond acceptors (Lipinski definition) is 1. The molecule has 1 aromatic carbocycles. The Hall–Kier alpha value is -1.83. The zero-order valence-corrected chi connectivity index (χ0v) is 12.6. The molecule has 0 bridgehead atoms. The van der Waals surface area contributed by atoms with Gasteiger partial charge in [-0.25, -0.2) is 4.90 Å². The molecule has 0 saturated heterocycles. The molecule has 20 heavy (non-hydrogen) atoms. The molecule has 104 valence electrons. The molecule has 0 N–H and O–H groups in total. The third kappa shape index (κ3) is 2.09. The van der Waals surface area contributed by atoms with E-state index in [-0.39, 0.29) is 0 Å². The van der Waals surface area contributed by atoms with Crippen LogP contribution in [0.4, 0.5) is 0 Å². The van der Waals surface area contributed by atoms with Gasteiger partial charge in [-0.1, -0.05) is 42.5 Å². The van der Waals surface area contributed by atoms with Crippen molar-refractivity contribution in [3.05, 3.63) is 59.8 Å². The zero-order valence-electron chi connectivity index (χ0n) is 12.6. The molecule has 2 heteroatoms. The topological polar surface area (TPSA) is 6.25 Å². The van der Waals surface area contributed by atoms with Crippen molar-refractivity contribution in [3.8, 4) is 0 Å². The molecule has 2 atom stereocenters. The van der Waals surface area contributed by atoms with Crippen LogP contribution in [-0.2, 0) is 0 Å². The van der Waals surface area contributed by atoms with Crippen molar-refractivity contribution >= 4 is 5.84 Å². The Kier molecular flexibility index (Phi) is 3.47. The second-order valence-electron chi connectivity index (χ2n) is 5.75. The molecule has 0 saturated carbocycles. The van der Waals surface area contributed by atoms with Crippen LogP contribution in [0.5, 0.6) is 0 Å². The van der Waals surface area contributed by atoms with Crippen LogP contribution in [-0.4, -0.2) is 28.4 Å². The number of allylic oxidation sites excluding steroid dienone is 4. The maximum Gasteiger partial charge on any atom is 0.249 e. The van der Waals surface area contributed by atoms with E-state index in [1.54, 1.807) is 0 Å². The van der Waals surface area contributed by atoms with Crippen LogP contribution in [0.1, 0.15) is 38.3 Å². The van der Waals surface area contributed by atoms with Gasteiger partial charge in [-0.05, 0) is 19.4 Å². The van der Waals surface area contributed by atoms with Gasteiger partial charge >= 0.3 is 0 Å². The Morgan fingerprint density at radius 3 is 2.60 bits per heavy atom. The predicted octanol–water partition coefficient (Wildman–Crippen LogP) is 3.73. The molecule has 3 rings (SSSR count). The minimum Gasteiger partial charge on any atom is -0.257 e. The van der Waals surface area contributed by atoms with Gasteiger partial charge in [0.15, 0.2) is 6.04 Å². The summed E-state index contributed by atoms with van der Waals surface area (Å²) in [5, 5.41) is 0. The molecule has 1 aromatic rings. The molecule has 1 heterocycles. The Balaban J connectivity index is 1.97. The molecule has 2 nitrogen and oxygen atoms in total. The van der Waals surface area contributed by atoms with E-state index in [9.17, 15) is 0 Å². The van der Waals surface area contributed by atoms with Gasteiger partial charge in [0.1, 0.15) is 11.7 Å². The smallest absolute Gasteiger partial charge is 0.249 e. The summed E-state index contributed by atoms with van der Waals surface area (Å²) in [6.45, 7) is 4.57. The predicted molar refractivity (Wildman–Crippen MR) is 83.8 cm³/mol. The first-order chi connectivity index (χ1) is 9.70. The number of rotatable bonds is 2. The summed E-state index contributed by atoms with van der Waals surface area (Å²) in [7, 11) is 2.21. The van der Waals surface area contributed by atoms with Gasteiger partial charge in [-0.2, -0.15) is 0 Å². The minimum absolute atomic E-state index is 0.433. The maximum atomic E-state index is 2.52. The normalized spacial score (nSPS) is 26.1. The van der Waals surface area contributed by atoms with Crippen molar-refractivity contribution in [1.82, 2.24) is 4.90 Å². The van der Waals surface area contributed by atoms with E-state index < -0.39 is 0 Å². The highest BCUT2D eigenvalue weighted by Crippen LogP contribution is 2.34. The molecular formula is C18H23N2+. The van der Waals surface area contributed by atoms with Crippen LogP contribution in [0, 0.1) is 0 Å². The van der Waals surface area contributed by atoms with E-state index in [2.05, 4.69) is 78.9 Å². The molecule has 0 spiro atoms. The lowest BCUT2D eigenvalue weighted by atomic mass is 9.99. The van der Waals surface area contributed by atoms with Crippen LogP contribution < -0.4 is 0 Å². The highest BCUT2D eigenvalue weighted by atomic mass is 15.3. The van der Waals surface area contributed by atoms with Gasteiger partial charge in [0.05, 0.1) is 7.05 Å². The van der Waals surface area contributed by atoms with Crippen molar-refractivity contribution in [3.63, 3.8) is 0 Å². The first-order valence-electron chi connectivity index (χ1n) is 7.46. The van der Waals surface area contributed by atoms with Crippen LogP contribution in [0.2, 0.25) is 0 Å². The Morgan fingerprint density at radius 2 is 1.95 bits per heavy atom. The second kappa shape index (κ2) is 5.28. The average molecular weight is 267 g/mol. The lowest BCUT2D eigenvalue weighted by Crippen LogP contribution is -2.33. The molecule has 0 amide bonds. The monoisotopic (exact) mass is 267 g/mol. The van der Waals surface area contributed by atoms with E-state index in [1.165, 1.54) is 17.1 Å². The van der Waals surface area contributed by atoms with Gasteiger partial charge in [0, 0.05) is 18.9 Å². The molecule has 1 aliphatic carbocycles. The van der Waals surface area contributed by atoms with Crippen molar-refractivity contribution in [2.24, 2.45) is 0 Å². The average Bonchev–Trinajstić information content (AvgIpc) is 2.71. The Bertz CT molecular complexity index is 581. The highest BCUT2D eigenvalue weighted by Gasteiger charge is 2.43. The fourth-order valence-electron chi connectivity index (χ4n) is 3.54. The Labute approximate surface area is 121 Å². The number of benzene rings is 1. The lowest BCUT2D eigenvalue weighted by Gasteiger charge is -2.22. The van der Waals surface area contributed by atoms with Gasteiger partial charge in [-0.15, -0.1) is 0 Å². The summed E-state index contributed by atoms with van der Waals surface area (Å²) < 4.78 is 2.42. The Morgan fingerprint density at radius 1 is 1.20 bits per heavy atom. The van der Waals surface area contributed by atoms with Crippen LogP contribution in [0.15, 0.2) is 54.3 Å². The first kappa shape index (κ1) is 13.2. The number of nitrogens with zero attached hydrogens (tertiary/aromatic N) is 2. The maximum absolute atomic E-state index is 2.52. The van der Waals surface area contributed by atoms with E-state index in [0.717, 1.165) is 12.8 Å². The molecule has 2 aliphatic rings. The van der Waals surface area contributed by atoms with Crippen LogP contribution in [0.25, 0.3) is 0 Å². The quantitative estimate of drug-likeness (QED) is 0.740. The highest BCUT2D eigenvalue weighted by molar-refractivity contribution is 5.78. The van der Waals surface area contributed by atoms with Crippen LogP contribution >= 0.6 is 0 Å². The molecular weight excluding hydrogens is 244 g/mol. The summed E-state index contributed by atoms with van der Waals surface area (Å²) in [4.78, 5) is 2.52. The van der Waals surface area contributed by atoms with Gasteiger partial charge in [0.25, 0.3) is 0 Å². The zero-order chi connectivity index (χ0) is 14.1. The SMILES string of the molecule is CC1=[N+](C)[C@H](c2ccccc2)[C@H](C)N1C1=CC=CCC1. The summed E-state index contributed by atoms with van der Waals surface area (Å²) >= 11 is 0.